The number of carbonyl (C=O) groups excluding carboxylic acids is 1. The van der Waals surface area contributed by atoms with E-state index in [1.807, 2.05) is 36.2 Å². The van der Waals surface area contributed by atoms with Crippen molar-refractivity contribution in [3.05, 3.63) is 41.0 Å². The highest BCUT2D eigenvalue weighted by Crippen LogP contribution is 2.22. The third-order valence-electron chi connectivity index (χ3n) is 4.01. The molecular weight excluding hydrogens is 300 g/mol. The Balaban J connectivity index is 1.71. The van der Waals surface area contributed by atoms with Crippen LogP contribution in [0.25, 0.3) is 11.3 Å². The van der Waals surface area contributed by atoms with Gasteiger partial charge in [-0.05, 0) is 44.1 Å². The molecule has 3 rings (SSSR count). The van der Waals surface area contributed by atoms with Gasteiger partial charge in [0.15, 0.2) is 0 Å². The van der Waals surface area contributed by atoms with E-state index in [1.54, 1.807) is 6.07 Å². The maximum absolute atomic E-state index is 12.5. The van der Waals surface area contributed by atoms with Crippen LogP contribution in [0.5, 0.6) is 0 Å². The molecule has 6 heteroatoms. The van der Waals surface area contributed by atoms with Crippen LogP contribution in [0.3, 0.4) is 0 Å². The van der Waals surface area contributed by atoms with Crippen molar-refractivity contribution in [2.24, 2.45) is 5.92 Å². The van der Waals surface area contributed by atoms with Gasteiger partial charge in [0.1, 0.15) is 5.69 Å². The number of carbonyl (C=O) groups is 1. The lowest BCUT2D eigenvalue weighted by molar-refractivity contribution is 0.0781. The third kappa shape index (κ3) is 3.15. The maximum atomic E-state index is 12.5. The van der Waals surface area contributed by atoms with Gasteiger partial charge in [0.25, 0.3) is 5.91 Å². The van der Waals surface area contributed by atoms with Crippen molar-refractivity contribution >= 4 is 17.5 Å². The highest BCUT2D eigenvalue weighted by Gasteiger charge is 2.27. The summed E-state index contributed by atoms with van der Waals surface area (Å²) in [6.45, 7) is 2.55. The van der Waals surface area contributed by atoms with Crippen LogP contribution < -0.4 is 5.32 Å². The number of benzene rings is 1. The summed E-state index contributed by atoms with van der Waals surface area (Å²) in [6.07, 6.45) is 1.05. The molecule has 0 radical (unpaired) electrons. The number of hydrogen-bond acceptors (Lipinski definition) is 3. The molecule has 2 aromatic rings. The van der Waals surface area contributed by atoms with E-state index < -0.39 is 0 Å². The fourth-order valence-electron chi connectivity index (χ4n) is 2.84. The summed E-state index contributed by atoms with van der Waals surface area (Å²) in [7, 11) is 1.94. The third-order valence-corrected chi connectivity index (χ3v) is 4.27. The summed E-state index contributed by atoms with van der Waals surface area (Å²) >= 11 is 5.89. The number of aromatic nitrogens is 2. The normalized spacial score (nSPS) is 17.9. The van der Waals surface area contributed by atoms with Crippen LogP contribution in [0.1, 0.15) is 16.9 Å². The van der Waals surface area contributed by atoms with Crippen LogP contribution in [0.2, 0.25) is 5.02 Å². The second kappa shape index (κ2) is 6.50. The molecule has 1 fully saturated rings. The first kappa shape index (κ1) is 15.1. The van der Waals surface area contributed by atoms with Gasteiger partial charge in [0, 0.05) is 23.7 Å². The summed E-state index contributed by atoms with van der Waals surface area (Å²) in [5, 5.41) is 10.9. The molecule has 22 heavy (non-hydrogen) atoms. The number of hydrogen-bond donors (Lipinski definition) is 2. The molecule has 1 aromatic heterocycles. The van der Waals surface area contributed by atoms with E-state index in [-0.39, 0.29) is 5.91 Å². The second-order valence-electron chi connectivity index (χ2n) is 5.64. The molecule has 1 aliphatic rings. The fraction of sp³-hybridized carbons (Fsp3) is 0.375. The maximum Gasteiger partial charge on any atom is 0.271 e. The molecule has 1 aliphatic heterocycles. The number of halogens is 1. The first-order valence-corrected chi connectivity index (χ1v) is 7.80. The smallest absolute Gasteiger partial charge is 0.271 e. The zero-order valence-electron chi connectivity index (χ0n) is 12.5. The van der Waals surface area contributed by atoms with Crippen molar-refractivity contribution in [1.29, 1.82) is 0 Å². The van der Waals surface area contributed by atoms with E-state index in [0.717, 1.165) is 37.3 Å². The van der Waals surface area contributed by atoms with Crippen molar-refractivity contribution in [3.8, 4) is 11.3 Å². The van der Waals surface area contributed by atoms with Crippen LogP contribution in [-0.2, 0) is 0 Å². The van der Waals surface area contributed by atoms with Gasteiger partial charge in [0.2, 0.25) is 0 Å². The van der Waals surface area contributed by atoms with Crippen molar-refractivity contribution in [2.75, 3.05) is 26.7 Å². The van der Waals surface area contributed by atoms with Gasteiger partial charge in [-0.15, -0.1) is 0 Å². The molecular formula is C16H19ClN4O. The quantitative estimate of drug-likeness (QED) is 0.910. The van der Waals surface area contributed by atoms with E-state index in [0.29, 0.717) is 16.6 Å². The number of nitrogens with one attached hydrogen (secondary N) is 2. The zero-order chi connectivity index (χ0) is 15.5. The van der Waals surface area contributed by atoms with E-state index in [2.05, 4.69) is 15.5 Å². The molecule has 5 nitrogen and oxygen atoms in total. The fourth-order valence-corrected chi connectivity index (χ4v) is 2.97. The van der Waals surface area contributed by atoms with Gasteiger partial charge in [-0.25, -0.2) is 0 Å². The number of rotatable bonds is 4. The Morgan fingerprint density at radius 2 is 2.23 bits per heavy atom. The van der Waals surface area contributed by atoms with E-state index in [4.69, 9.17) is 11.6 Å². The van der Waals surface area contributed by atoms with Gasteiger partial charge in [0.05, 0.1) is 5.69 Å². The van der Waals surface area contributed by atoms with Crippen molar-refractivity contribution in [3.63, 3.8) is 0 Å². The number of H-pyrrole nitrogens is 1. The number of nitrogens with zero attached hydrogens (tertiary/aromatic N) is 2. The summed E-state index contributed by atoms with van der Waals surface area (Å²) in [5.41, 5.74) is 2.23. The lowest BCUT2D eigenvalue weighted by Gasteiger charge is -2.15. The Morgan fingerprint density at radius 1 is 1.45 bits per heavy atom. The van der Waals surface area contributed by atoms with Gasteiger partial charge in [-0.2, -0.15) is 5.10 Å². The first-order chi connectivity index (χ1) is 10.7. The molecule has 0 bridgehead atoms. The van der Waals surface area contributed by atoms with Crippen LogP contribution in [-0.4, -0.2) is 47.7 Å². The number of amides is 1. The molecule has 0 aliphatic carbocycles. The van der Waals surface area contributed by atoms with Crippen molar-refractivity contribution < 1.29 is 4.79 Å². The van der Waals surface area contributed by atoms with Gasteiger partial charge in [-0.1, -0.05) is 23.7 Å². The number of likely N-dealkylation sites (tertiary alicyclic amines) is 1. The molecule has 0 unspecified atom stereocenters. The average Bonchev–Trinajstić information content (AvgIpc) is 3.17. The second-order valence-corrected chi connectivity index (χ2v) is 6.07. The summed E-state index contributed by atoms with van der Waals surface area (Å²) in [5.74, 6) is 0.555. The highest BCUT2D eigenvalue weighted by molar-refractivity contribution is 6.30. The molecule has 1 atom stereocenters. The molecule has 0 saturated carbocycles. The first-order valence-electron chi connectivity index (χ1n) is 7.42. The minimum atomic E-state index is 0.0197. The SMILES string of the molecule is CNC[C@@H]1CCN(C(=O)c2cc(-c3ccc(Cl)cc3)n[nH]2)C1. The summed E-state index contributed by atoms with van der Waals surface area (Å²) in [6, 6.07) is 9.22. The van der Waals surface area contributed by atoms with Crippen molar-refractivity contribution in [2.45, 2.75) is 6.42 Å². The van der Waals surface area contributed by atoms with Crippen LogP contribution in [0.4, 0.5) is 0 Å². The monoisotopic (exact) mass is 318 g/mol. The Kier molecular flexibility index (Phi) is 4.45. The summed E-state index contributed by atoms with van der Waals surface area (Å²) in [4.78, 5) is 14.4. The Hall–Kier alpha value is -1.85. The van der Waals surface area contributed by atoms with Crippen LogP contribution in [0, 0.1) is 5.92 Å². The molecule has 116 valence electrons. The minimum absolute atomic E-state index is 0.0197. The molecule has 2 N–H and O–H groups in total. The lowest BCUT2D eigenvalue weighted by Crippen LogP contribution is -2.30. The molecule has 2 heterocycles. The van der Waals surface area contributed by atoms with Crippen LogP contribution in [0.15, 0.2) is 30.3 Å². The lowest BCUT2D eigenvalue weighted by atomic mass is 10.1. The van der Waals surface area contributed by atoms with Gasteiger partial charge >= 0.3 is 0 Å². The molecule has 1 saturated heterocycles. The van der Waals surface area contributed by atoms with Gasteiger partial charge < -0.3 is 10.2 Å². The topological polar surface area (TPSA) is 61.0 Å². The Morgan fingerprint density at radius 3 is 2.95 bits per heavy atom. The largest absolute Gasteiger partial charge is 0.337 e. The highest BCUT2D eigenvalue weighted by atomic mass is 35.5. The van der Waals surface area contributed by atoms with Gasteiger partial charge in [-0.3, -0.25) is 9.89 Å². The van der Waals surface area contributed by atoms with Crippen molar-refractivity contribution in [1.82, 2.24) is 20.4 Å². The molecule has 1 aromatic carbocycles. The standard InChI is InChI=1S/C16H19ClN4O/c1-18-9-11-6-7-21(10-11)16(22)15-8-14(19-20-15)12-2-4-13(17)5-3-12/h2-5,8,11,18H,6-7,9-10H2,1H3,(H,19,20)/t11-/m0/s1. The molecule has 1 amide bonds. The zero-order valence-corrected chi connectivity index (χ0v) is 13.2. The molecule has 0 spiro atoms. The number of aromatic amines is 1. The van der Waals surface area contributed by atoms with E-state index in [1.165, 1.54) is 0 Å². The predicted octanol–water partition coefficient (Wildman–Crippen LogP) is 2.41. The van der Waals surface area contributed by atoms with E-state index >= 15 is 0 Å². The minimum Gasteiger partial charge on any atom is -0.337 e. The van der Waals surface area contributed by atoms with Crippen LogP contribution >= 0.6 is 11.6 Å². The summed E-state index contributed by atoms with van der Waals surface area (Å²) < 4.78 is 0. The average molecular weight is 319 g/mol. The Bertz CT molecular complexity index is 652. The van der Waals surface area contributed by atoms with E-state index in [9.17, 15) is 4.79 Å². The predicted molar refractivity (Wildman–Crippen MR) is 87.0 cm³/mol. The Labute approximate surface area is 134 Å².